The number of rotatable bonds is 4. The molecule has 2 heterocycles. The van der Waals surface area contributed by atoms with Crippen molar-refractivity contribution in [3.05, 3.63) is 17.8 Å². The lowest BCUT2D eigenvalue weighted by atomic mass is 10.1. The number of nitrogens with zero attached hydrogens (tertiary/aromatic N) is 2. The van der Waals surface area contributed by atoms with Gasteiger partial charge in [0.25, 0.3) is 0 Å². The van der Waals surface area contributed by atoms with Crippen molar-refractivity contribution in [1.29, 1.82) is 0 Å². The zero-order valence-corrected chi connectivity index (χ0v) is 11.0. The Bertz CT molecular complexity index is 359. The highest BCUT2D eigenvalue weighted by molar-refractivity contribution is 5.02. The maximum Gasteiger partial charge on any atom is 0.194 e. The molecule has 17 heavy (non-hydrogen) atoms. The molecule has 4 nitrogen and oxygen atoms in total. The smallest absolute Gasteiger partial charge is 0.194 e. The number of oxazole rings is 1. The Hall–Kier alpha value is -0.870. The molecule has 0 spiro atoms. The molecule has 2 rings (SSSR count). The van der Waals surface area contributed by atoms with Gasteiger partial charge < -0.3 is 15.1 Å². The fourth-order valence-corrected chi connectivity index (χ4v) is 2.37. The lowest BCUT2D eigenvalue weighted by Crippen LogP contribution is -2.28. The molecule has 4 heteroatoms. The third-order valence-corrected chi connectivity index (χ3v) is 3.55. The van der Waals surface area contributed by atoms with Crippen molar-refractivity contribution in [2.75, 3.05) is 13.1 Å². The molecule has 0 radical (unpaired) electrons. The van der Waals surface area contributed by atoms with Crippen LogP contribution in [0.1, 0.15) is 44.8 Å². The predicted molar refractivity (Wildman–Crippen MR) is 67.6 cm³/mol. The third-order valence-electron chi connectivity index (χ3n) is 3.55. The van der Waals surface area contributed by atoms with Crippen LogP contribution in [0.3, 0.4) is 0 Å². The van der Waals surface area contributed by atoms with Crippen LogP contribution in [0.4, 0.5) is 0 Å². The van der Waals surface area contributed by atoms with Gasteiger partial charge in [0.15, 0.2) is 5.89 Å². The molecule has 0 aromatic carbocycles. The summed E-state index contributed by atoms with van der Waals surface area (Å²) in [7, 11) is 0. The van der Waals surface area contributed by atoms with Gasteiger partial charge in [-0.3, -0.25) is 0 Å². The largest absolute Gasteiger partial charge is 0.449 e. The Morgan fingerprint density at radius 3 is 2.82 bits per heavy atom. The van der Waals surface area contributed by atoms with Gasteiger partial charge in [-0.15, -0.1) is 0 Å². The summed E-state index contributed by atoms with van der Waals surface area (Å²) in [5.74, 6) is 1.52. The van der Waals surface area contributed by atoms with Crippen LogP contribution < -0.4 is 5.73 Å². The minimum absolute atomic E-state index is 0.0387. The zero-order valence-electron chi connectivity index (χ0n) is 11.0. The first-order valence-corrected chi connectivity index (χ1v) is 6.50. The molecule has 0 bridgehead atoms. The summed E-state index contributed by atoms with van der Waals surface area (Å²) in [6.07, 6.45) is 3.87. The van der Waals surface area contributed by atoms with Gasteiger partial charge in [0.05, 0.1) is 5.69 Å². The number of aromatic nitrogens is 1. The van der Waals surface area contributed by atoms with E-state index in [2.05, 4.69) is 23.7 Å². The van der Waals surface area contributed by atoms with Crippen LogP contribution in [-0.4, -0.2) is 29.0 Å². The molecule has 2 unspecified atom stereocenters. The van der Waals surface area contributed by atoms with Gasteiger partial charge in [-0.25, -0.2) is 4.98 Å². The Labute approximate surface area is 103 Å². The van der Waals surface area contributed by atoms with Crippen molar-refractivity contribution in [1.82, 2.24) is 9.88 Å². The van der Waals surface area contributed by atoms with Crippen molar-refractivity contribution in [3.63, 3.8) is 0 Å². The van der Waals surface area contributed by atoms with Gasteiger partial charge >= 0.3 is 0 Å². The standard InChI is InChI=1S/C13H23N3O/c1-9(2)16-5-4-11(7-16)6-13-15-12(8-17-13)10(3)14/h8-11H,4-7,14H2,1-3H3. The first-order chi connectivity index (χ1) is 8.06. The normalized spacial score (nSPS) is 23.5. The summed E-state index contributed by atoms with van der Waals surface area (Å²) in [6, 6.07) is 0.604. The molecule has 1 aromatic heterocycles. The van der Waals surface area contributed by atoms with Gasteiger partial charge in [-0.1, -0.05) is 0 Å². The van der Waals surface area contributed by atoms with Crippen molar-refractivity contribution in [2.45, 2.75) is 45.7 Å². The minimum atomic E-state index is -0.0387. The lowest BCUT2D eigenvalue weighted by molar-refractivity contribution is 0.262. The summed E-state index contributed by atoms with van der Waals surface area (Å²) >= 11 is 0. The quantitative estimate of drug-likeness (QED) is 0.870. The highest BCUT2D eigenvalue weighted by atomic mass is 16.3. The summed E-state index contributed by atoms with van der Waals surface area (Å²) in [5, 5.41) is 0. The second kappa shape index (κ2) is 5.19. The number of hydrogen-bond donors (Lipinski definition) is 1. The average molecular weight is 237 g/mol. The lowest BCUT2D eigenvalue weighted by Gasteiger charge is -2.19. The van der Waals surface area contributed by atoms with Crippen LogP contribution in [0.25, 0.3) is 0 Å². The molecule has 2 N–H and O–H groups in total. The maximum absolute atomic E-state index is 5.77. The highest BCUT2D eigenvalue weighted by Gasteiger charge is 2.25. The fraction of sp³-hybridized carbons (Fsp3) is 0.769. The zero-order chi connectivity index (χ0) is 12.4. The van der Waals surface area contributed by atoms with E-state index in [1.54, 1.807) is 6.26 Å². The Morgan fingerprint density at radius 1 is 1.53 bits per heavy atom. The highest BCUT2D eigenvalue weighted by Crippen LogP contribution is 2.22. The molecular formula is C13H23N3O. The van der Waals surface area contributed by atoms with Crippen molar-refractivity contribution < 1.29 is 4.42 Å². The molecule has 0 aliphatic carbocycles. The van der Waals surface area contributed by atoms with E-state index in [0.29, 0.717) is 12.0 Å². The second-order valence-electron chi connectivity index (χ2n) is 5.40. The molecule has 1 saturated heterocycles. The van der Waals surface area contributed by atoms with Crippen LogP contribution >= 0.6 is 0 Å². The number of nitrogens with two attached hydrogens (primary N) is 1. The summed E-state index contributed by atoms with van der Waals surface area (Å²) in [4.78, 5) is 6.95. The molecule has 96 valence electrons. The predicted octanol–water partition coefficient (Wildman–Crippen LogP) is 1.97. The molecule has 1 aromatic rings. The molecule has 2 atom stereocenters. The third kappa shape index (κ3) is 3.07. The number of hydrogen-bond acceptors (Lipinski definition) is 4. The topological polar surface area (TPSA) is 55.3 Å². The Balaban J connectivity index is 1.89. The van der Waals surface area contributed by atoms with Crippen molar-refractivity contribution in [2.24, 2.45) is 11.7 Å². The minimum Gasteiger partial charge on any atom is -0.449 e. The molecular weight excluding hydrogens is 214 g/mol. The molecule has 1 fully saturated rings. The molecule has 1 aliphatic heterocycles. The Morgan fingerprint density at radius 2 is 2.29 bits per heavy atom. The summed E-state index contributed by atoms with van der Waals surface area (Å²) in [5.41, 5.74) is 6.63. The van der Waals surface area contributed by atoms with E-state index in [1.807, 2.05) is 6.92 Å². The average Bonchev–Trinajstić information content (AvgIpc) is 2.87. The van der Waals surface area contributed by atoms with E-state index in [4.69, 9.17) is 10.2 Å². The van der Waals surface area contributed by atoms with E-state index in [9.17, 15) is 0 Å². The van der Waals surface area contributed by atoms with Crippen LogP contribution in [0.2, 0.25) is 0 Å². The second-order valence-corrected chi connectivity index (χ2v) is 5.40. The Kier molecular flexibility index (Phi) is 3.84. The first-order valence-electron chi connectivity index (χ1n) is 6.50. The van der Waals surface area contributed by atoms with Gasteiger partial charge in [-0.2, -0.15) is 0 Å². The van der Waals surface area contributed by atoms with Gasteiger partial charge in [-0.05, 0) is 39.7 Å². The molecule has 1 aliphatic rings. The van der Waals surface area contributed by atoms with E-state index in [-0.39, 0.29) is 6.04 Å². The van der Waals surface area contributed by atoms with Gasteiger partial charge in [0.2, 0.25) is 0 Å². The summed E-state index contributed by atoms with van der Waals surface area (Å²) in [6.45, 7) is 8.79. The first kappa shape index (κ1) is 12.6. The van der Waals surface area contributed by atoms with E-state index < -0.39 is 0 Å². The number of likely N-dealkylation sites (tertiary alicyclic amines) is 1. The van der Waals surface area contributed by atoms with Crippen LogP contribution in [0, 0.1) is 5.92 Å². The van der Waals surface area contributed by atoms with Crippen LogP contribution in [0.5, 0.6) is 0 Å². The van der Waals surface area contributed by atoms with Crippen molar-refractivity contribution in [3.8, 4) is 0 Å². The SMILES string of the molecule is CC(N)c1coc(CC2CCN(C(C)C)C2)n1. The van der Waals surface area contributed by atoms with Gasteiger partial charge in [0.1, 0.15) is 6.26 Å². The van der Waals surface area contributed by atoms with Crippen molar-refractivity contribution >= 4 is 0 Å². The molecule has 0 amide bonds. The maximum atomic E-state index is 5.77. The fourth-order valence-electron chi connectivity index (χ4n) is 2.37. The van der Waals surface area contributed by atoms with E-state index in [0.717, 1.165) is 24.6 Å². The molecule has 0 saturated carbocycles. The van der Waals surface area contributed by atoms with E-state index in [1.165, 1.54) is 13.0 Å². The monoisotopic (exact) mass is 237 g/mol. The summed E-state index contributed by atoms with van der Waals surface area (Å²) < 4.78 is 5.47. The van der Waals surface area contributed by atoms with Crippen LogP contribution in [0.15, 0.2) is 10.7 Å². The van der Waals surface area contributed by atoms with Gasteiger partial charge in [0, 0.05) is 25.0 Å². The van der Waals surface area contributed by atoms with E-state index >= 15 is 0 Å². The van der Waals surface area contributed by atoms with Crippen LogP contribution in [-0.2, 0) is 6.42 Å².